The van der Waals surface area contributed by atoms with Gasteiger partial charge in [0.05, 0.1) is 19.3 Å². The second-order valence-corrected chi connectivity index (χ2v) is 7.89. The highest BCUT2D eigenvalue weighted by Crippen LogP contribution is 2.10. The van der Waals surface area contributed by atoms with Gasteiger partial charge in [-0.1, -0.05) is 35.9 Å². The molecule has 0 aliphatic rings. The molecule has 1 N–H and O–H groups in total. The summed E-state index contributed by atoms with van der Waals surface area (Å²) in [5.74, 6) is -0.173. The van der Waals surface area contributed by atoms with Gasteiger partial charge in [0.2, 0.25) is 5.91 Å². The third kappa shape index (κ3) is 4.55. The molecule has 0 unspecified atom stereocenters. The Morgan fingerprint density at radius 3 is 2.97 bits per heavy atom. The van der Waals surface area contributed by atoms with Crippen LogP contribution in [-0.2, 0) is 17.9 Å². The van der Waals surface area contributed by atoms with E-state index in [4.69, 9.17) is 0 Å². The third-order valence-electron chi connectivity index (χ3n) is 4.62. The van der Waals surface area contributed by atoms with E-state index in [-0.39, 0.29) is 11.5 Å². The summed E-state index contributed by atoms with van der Waals surface area (Å²) in [5.41, 5.74) is 2.58. The summed E-state index contributed by atoms with van der Waals surface area (Å²) in [7, 11) is 0. The van der Waals surface area contributed by atoms with E-state index in [0.29, 0.717) is 30.7 Å². The van der Waals surface area contributed by atoms with Gasteiger partial charge in [-0.25, -0.2) is 9.67 Å². The van der Waals surface area contributed by atoms with Crippen molar-refractivity contribution >= 4 is 34.4 Å². The second kappa shape index (κ2) is 8.87. The Labute approximate surface area is 177 Å². The molecule has 1 aromatic carbocycles. The van der Waals surface area contributed by atoms with Crippen LogP contribution in [0.2, 0.25) is 0 Å². The van der Waals surface area contributed by atoms with Crippen LogP contribution < -0.4 is 10.9 Å². The maximum absolute atomic E-state index is 12.8. The van der Waals surface area contributed by atoms with Gasteiger partial charge in [0, 0.05) is 17.5 Å². The summed E-state index contributed by atoms with van der Waals surface area (Å²) in [6, 6.07) is 11.9. The molecule has 0 bridgehead atoms. The van der Waals surface area contributed by atoms with Crippen LogP contribution in [0, 0.1) is 6.92 Å². The lowest BCUT2D eigenvalue weighted by molar-refractivity contribution is -0.116. The number of carbonyl (C=O) groups is 1. The van der Waals surface area contributed by atoms with Crippen LogP contribution >= 0.6 is 11.3 Å². The van der Waals surface area contributed by atoms with Gasteiger partial charge < -0.3 is 5.32 Å². The number of carbonyl (C=O) groups excluding carboxylic acids is 1. The molecule has 152 valence electrons. The molecular weight excluding hydrogens is 398 g/mol. The number of aromatic nitrogens is 4. The summed E-state index contributed by atoms with van der Waals surface area (Å²) >= 11 is 1.57. The van der Waals surface area contributed by atoms with Crippen molar-refractivity contribution in [2.45, 2.75) is 20.0 Å². The van der Waals surface area contributed by atoms with Crippen molar-refractivity contribution in [3.8, 4) is 0 Å². The normalized spacial score (nSPS) is 11.4. The lowest BCUT2D eigenvalue weighted by Gasteiger charge is -2.07. The summed E-state index contributed by atoms with van der Waals surface area (Å²) in [4.78, 5) is 30.2. The van der Waals surface area contributed by atoms with Gasteiger partial charge >= 0.3 is 0 Å². The van der Waals surface area contributed by atoms with E-state index in [0.717, 1.165) is 16.0 Å². The molecule has 4 aromatic rings. The number of nitrogens with zero attached hydrogens (tertiary/aromatic N) is 4. The number of hydrogen-bond donors (Lipinski definition) is 1. The molecule has 0 aliphatic carbocycles. The van der Waals surface area contributed by atoms with Crippen molar-refractivity contribution in [2.24, 2.45) is 0 Å². The highest BCUT2D eigenvalue weighted by molar-refractivity contribution is 7.10. The van der Waals surface area contributed by atoms with Gasteiger partial charge in [-0.15, -0.1) is 11.3 Å². The lowest BCUT2D eigenvalue weighted by atomic mass is 10.1. The predicted octanol–water partition coefficient (Wildman–Crippen LogP) is 2.84. The molecule has 0 saturated heterocycles. The van der Waals surface area contributed by atoms with Gasteiger partial charge in [0.25, 0.3) is 5.56 Å². The van der Waals surface area contributed by atoms with E-state index in [1.807, 2.05) is 42.6 Å². The highest BCUT2D eigenvalue weighted by atomic mass is 32.1. The number of benzene rings is 1. The van der Waals surface area contributed by atoms with E-state index in [1.54, 1.807) is 33.0 Å². The zero-order valence-electron chi connectivity index (χ0n) is 16.5. The average Bonchev–Trinajstić information content (AvgIpc) is 3.39. The summed E-state index contributed by atoms with van der Waals surface area (Å²) in [6.45, 7) is 3.30. The molecule has 0 spiro atoms. The van der Waals surface area contributed by atoms with Gasteiger partial charge in [0.15, 0.2) is 5.65 Å². The Morgan fingerprint density at radius 1 is 1.27 bits per heavy atom. The molecule has 7 nitrogen and oxygen atoms in total. The Morgan fingerprint density at radius 2 is 2.17 bits per heavy atom. The third-order valence-corrected chi connectivity index (χ3v) is 5.46. The molecular formula is C22H21N5O2S. The molecule has 0 fully saturated rings. The minimum absolute atomic E-state index is 0.129. The van der Waals surface area contributed by atoms with Crippen LogP contribution in [0.3, 0.4) is 0 Å². The smallest absolute Gasteiger partial charge is 0.264 e. The SMILES string of the molecule is Cc1cccc(Cn2cnc3c(cnn3CCNC(=O)/C=C/c3cccs3)c2=O)c1. The lowest BCUT2D eigenvalue weighted by Crippen LogP contribution is -2.26. The standard InChI is InChI=1S/C22H21N5O2S/c1-16-4-2-5-17(12-16)14-26-15-24-21-19(22(26)29)13-25-27(21)10-9-23-20(28)8-7-18-6-3-11-30-18/h2-8,11-13,15H,9-10,14H2,1H3,(H,23,28)/b8-7+. The van der Waals surface area contributed by atoms with Gasteiger partial charge in [-0.05, 0) is 30.0 Å². The minimum Gasteiger partial charge on any atom is -0.351 e. The number of thiophene rings is 1. The first-order chi connectivity index (χ1) is 14.6. The van der Waals surface area contributed by atoms with Crippen LogP contribution in [0.25, 0.3) is 17.1 Å². The molecule has 1 amide bonds. The van der Waals surface area contributed by atoms with Crippen LogP contribution in [-0.4, -0.2) is 31.8 Å². The Bertz CT molecular complexity index is 1250. The van der Waals surface area contributed by atoms with Crippen molar-refractivity contribution in [3.63, 3.8) is 0 Å². The quantitative estimate of drug-likeness (QED) is 0.467. The Balaban J connectivity index is 1.41. The number of fused-ring (bicyclic) bond motifs is 1. The van der Waals surface area contributed by atoms with Crippen LogP contribution in [0.4, 0.5) is 0 Å². The van der Waals surface area contributed by atoms with Crippen LogP contribution in [0.15, 0.2) is 65.2 Å². The van der Waals surface area contributed by atoms with Crippen molar-refractivity contribution < 1.29 is 4.79 Å². The largest absolute Gasteiger partial charge is 0.351 e. The monoisotopic (exact) mass is 419 g/mol. The van der Waals surface area contributed by atoms with E-state index in [9.17, 15) is 9.59 Å². The van der Waals surface area contributed by atoms with E-state index < -0.39 is 0 Å². The molecule has 8 heteroatoms. The topological polar surface area (TPSA) is 81.8 Å². The molecule has 30 heavy (non-hydrogen) atoms. The van der Waals surface area contributed by atoms with E-state index in [1.165, 1.54) is 12.3 Å². The van der Waals surface area contributed by atoms with Gasteiger partial charge in [-0.2, -0.15) is 5.10 Å². The predicted molar refractivity (Wildman–Crippen MR) is 118 cm³/mol. The molecule has 3 heterocycles. The molecule has 3 aromatic heterocycles. The van der Waals surface area contributed by atoms with E-state index in [2.05, 4.69) is 21.5 Å². The average molecular weight is 420 g/mol. The molecule has 4 rings (SSSR count). The summed E-state index contributed by atoms with van der Waals surface area (Å²) in [6.07, 6.45) is 6.38. The first-order valence-corrected chi connectivity index (χ1v) is 10.4. The maximum Gasteiger partial charge on any atom is 0.264 e. The summed E-state index contributed by atoms with van der Waals surface area (Å²) in [5, 5.41) is 9.52. The van der Waals surface area contributed by atoms with Crippen molar-refractivity contribution in [1.82, 2.24) is 24.6 Å². The number of aryl methyl sites for hydroxylation is 1. The zero-order valence-corrected chi connectivity index (χ0v) is 17.3. The van der Waals surface area contributed by atoms with Crippen LogP contribution in [0.5, 0.6) is 0 Å². The Hall–Kier alpha value is -3.52. The van der Waals surface area contributed by atoms with Gasteiger partial charge in [-0.3, -0.25) is 14.2 Å². The number of rotatable bonds is 7. The maximum atomic E-state index is 12.8. The molecule has 0 atom stereocenters. The fraction of sp³-hybridized carbons (Fsp3) is 0.182. The zero-order chi connectivity index (χ0) is 20.9. The van der Waals surface area contributed by atoms with Crippen LogP contribution in [0.1, 0.15) is 16.0 Å². The number of hydrogen-bond acceptors (Lipinski definition) is 5. The summed E-state index contributed by atoms with van der Waals surface area (Å²) < 4.78 is 3.22. The fourth-order valence-corrected chi connectivity index (χ4v) is 3.79. The van der Waals surface area contributed by atoms with E-state index >= 15 is 0 Å². The first kappa shape index (κ1) is 19.8. The highest BCUT2D eigenvalue weighted by Gasteiger charge is 2.10. The molecule has 0 saturated carbocycles. The number of nitrogens with one attached hydrogen (secondary N) is 1. The number of amides is 1. The van der Waals surface area contributed by atoms with Crippen molar-refractivity contribution in [3.05, 3.63) is 86.7 Å². The minimum atomic E-state index is -0.173. The van der Waals surface area contributed by atoms with Gasteiger partial charge in [0.1, 0.15) is 11.7 Å². The van der Waals surface area contributed by atoms with Crippen molar-refractivity contribution in [2.75, 3.05) is 6.54 Å². The molecule has 0 aliphatic heterocycles. The van der Waals surface area contributed by atoms with Crippen molar-refractivity contribution in [1.29, 1.82) is 0 Å². The Kier molecular flexibility index (Phi) is 5.85. The first-order valence-electron chi connectivity index (χ1n) is 9.56. The molecule has 0 radical (unpaired) electrons. The second-order valence-electron chi connectivity index (χ2n) is 6.91. The fourth-order valence-electron chi connectivity index (χ4n) is 3.17.